The minimum Gasteiger partial charge on any atom is -0.383 e. The van der Waals surface area contributed by atoms with Crippen molar-refractivity contribution in [1.29, 1.82) is 0 Å². The lowest BCUT2D eigenvalue weighted by molar-refractivity contribution is -0.122. The third kappa shape index (κ3) is 4.38. The Morgan fingerprint density at radius 1 is 1.43 bits per heavy atom. The number of carbonyl (C=O) groups excluding carboxylic acids is 1. The van der Waals surface area contributed by atoms with Gasteiger partial charge in [-0.15, -0.1) is 10.2 Å². The standard InChI is InChI=1S/C13H20N6O2/c1-11(13-17-15-10-19(13)7-8-21-2)16-12(20)3-5-18-6-4-14-9-18/h4,6,9-11H,3,5,7-8H2,1-2H3,(H,16,20). The number of nitrogens with one attached hydrogen (secondary N) is 1. The molecule has 8 heteroatoms. The Morgan fingerprint density at radius 2 is 2.29 bits per heavy atom. The van der Waals surface area contributed by atoms with Crippen LogP contribution in [-0.2, 0) is 22.6 Å². The third-order valence-electron chi connectivity index (χ3n) is 3.10. The molecule has 1 atom stereocenters. The molecule has 0 aromatic carbocycles. The number of amides is 1. The van der Waals surface area contributed by atoms with Gasteiger partial charge in [-0.1, -0.05) is 0 Å². The molecule has 0 aliphatic rings. The van der Waals surface area contributed by atoms with E-state index in [1.807, 2.05) is 22.3 Å². The fraction of sp³-hybridized carbons (Fsp3) is 0.538. The summed E-state index contributed by atoms with van der Waals surface area (Å²) in [4.78, 5) is 15.9. The monoisotopic (exact) mass is 292 g/mol. The first-order valence-corrected chi connectivity index (χ1v) is 6.82. The summed E-state index contributed by atoms with van der Waals surface area (Å²) in [6.07, 6.45) is 7.25. The van der Waals surface area contributed by atoms with Gasteiger partial charge in [-0.2, -0.15) is 0 Å². The van der Waals surface area contributed by atoms with Gasteiger partial charge in [0.1, 0.15) is 6.33 Å². The Kier molecular flexibility index (Phi) is 5.44. The molecule has 1 unspecified atom stereocenters. The molecule has 0 spiro atoms. The minimum atomic E-state index is -0.195. The summed E-state index contributed by atoms with van der Waals surface area (Å²) in [5, 5.41) is 10.9. The lowest BCUT2D eigenvalue weighted by Crippen LogP contribution is -2.29. The quantitative estimate of drug-likeness (QED) is 0.760. The largest absolute Gasteiger partial charge is 0.383 e. The topological polar surface area (TPSA) is 86.9 Å². The molecule has 114 valence electrons. The van der Waals surface area contributed by atoms with Crippen LogP contribution in [0.15, 0.2) is 25.0 Å². The van der Waals surface area contributed by atoms with Crippen LogP contribution in [0, 0.1) is 0 Å². The van der Waals surface area contributed by atoms with Crippen LogP contribution in [0.1, 0.15) is 25.2 Å². The first-order valence-electron chi connectivity index (χ1n) is 6.82. The Balaban J connectivity index is 1.84. The van der Waals surface area contributed by atoms with E-state index in [0.717, 1.165) is 5.82 Å². The van der Waals surface area contributed by atoms with Crippen LogP contribution < -0.4 is 5.32 Å². The van der Waals surface area contributed by atoms with Crippen molar-refractivity contribution in [3.63, 3.8) is 0 Å². The van der Waals surface area contributed by atoms with E-state index >= 15 is 0 Å². The molecular formula is C13H20N6O2. The van der Waals surface area contributed by atoms with Crippen molar-refractivity contribution in [3.05, 3.63) is 30.9 Å². The summed E-state index contributed by atoms with van der Waals surface area (Å²) in [6, 6.07) is -0.195. The second-order valence-corrected chi connectivity index (χ2v) is 4.72. The van der Waals surface area contributed by atoms with E-state index in [1.165, 1.54) is 0 Å². The molecule has 0 aliphatic carbocycles. The maximum atomic E-state index is 11.9. The number of hydrogen-bond acceptors (Lipinski definition) is 5. The number of hydrogen-bond donors (Lipinski definition) is 1. The van der Waals surface area contributed by atoms with Crippen LogP contribution in [0.3, 0.4) is 0 Å². The number of nitrogens with zero attached hydrogens (tertiary/aromatic N) is 5. The predicted octanol–water partition coefficient (Wildman–Crippen LogP) is 0.389. The fourth-order valence-corrected chi connectivity index (χ4v) is 1.99. The summed E-state index contributed by atoms with van der Waals surface area (Å²) in [5.74, 6) is 0.695. The van der Waals surface area contributed by atoms with Crippen molar-refractivity contribution in [2.24, 2.45) is 0 Å². The van der Waals surface area contributed by atoms with E-state index in [4.69, 9.17) is 4.74 Å². The smallest absolute Gasteiger partial charge is 0.222 e. The molecule has 0 saturated carbocycles. The highest BCUT2D eigenvalue weighted by Gasteiger charge is 2.15. The highest BCUT2D eigenvalue weighted by Crippen LogP contribution is 2.09. The van der Waals surface area contributed by atoms with Crippen LogP contribution in [0.25, 0.3) is 0 Å². The molecule has 8 nitrogen and oxygen atoms in total. The molecular weight excluding hydrogens is 272 g/mol. The van der Waals surface area contributed by atoms with Crippen molar-refractivity contribution < 1.29 is 9.53 Å². The van der Waals surface area contributed by atoms with Gasteiger partial charge in [-0.3, -0.25) is 4.79 Å². The normalized spacial score (nSPS) is 12.3. The van der Waals surface area contributed by atoms with Gasteiger partial charge >= 0.3 is 0 Å². The Bertz CT molecular complexity index is 551. The second kappa shape index (κ2) is 7.53. The van der Waals surface area contributed by atoms with Crippen LogP contribution in [-0.4, -0.2) is 43.9 Å². The number of methoxy groups -OCH3 is 1. The zero-order valence-corrected chi connectivity index (χ0v) is 12.3. The SMILES string of the molecule is COCCn1cnnc1C(C)NC(=O)CCn1ccnc1. The number of aromatic nitrogens is 5. The minimum absolute atomic E-state index is 0.0301. The van der Waals surface area contributed by atoms with E-state index in [0.29, 0.717) is 26.1 Å². The summed E-state index contributed by atoms with van der Waals surface area (Å²) < 4.78 is 8.78. The molecule has 21 heavy (non-hydrogen) atoms. The highest BCUT2D eigenvalue weighted by molar-refractivity contribution is 5.76. The molecule has 0 fully saturated rings. The van der Waals surface area contributed by atoms with Gasteiger partial charge in [-0.05, 0) is 6.92 Å². The van der Waals surface area contributed by atoms with Crippen LogP contribution in [0.4, 0.5) is 0 Å². The first-order chi connectivity index (χ1) is 10.2. The van der Waals surface area contributed by atoms with Gasteiger partial charge < -0.3 is 19.2 Å². The Hall–Kier alpha value is -2.22. The van der Waals surface area contributed by atoms with Crippen LogP contribution >= 0.6 is 0 Å². The number of ether oxygens (including phenoxy) is 1. The number of rotatable bonds is 8. The fourth-order valence-electron chi connectivity index (χ4n) is 1.99. The van der Waals surface area contributed by atoms with Crippen molar-refractivity contribution >= 4 is 5.91 Å². The molecule has 2 heterocycles. The number of carbonyl (C=O) groups is 1. The summed E-state index contributed by atoms with van der Waals surface area (Å²) in [5.41, 5.74) is 0. The summed E-state index contributed by atoms with van der Waals surface area (Å²) in [7, 11) is 1.64. The summed E-state index contributed by atoms with van der Waals surface area (Å²) in [6.45, 7) is 3.73. The van der Waals surface area contributed by atoms with Crippen molar-refractivity contribution in [2.45, 2.75) is 32.5 Å². The maximum absolute atomic E-state index is 11.9. The molecule has 1 N–H and O–H groups in total. The van der Waals surface area contributed by atoms with Gasteiger partial charge in [0, 0.05) is 39.0 Å². The van der Waals surface area contributed by atoms with Gasteiger partial charge in [0.15, 0.2) is 5.82 Å². The van der Waals surface area contributed by atoms with Crippen LogP contribution in [0.5, 0.6) is 0 Å². The van der Waals surface area contributed by atoms with Crippen LogP contribution in [0.2, 0.25) is 0 Å². The molecule has 0 saturated heterocycles. The van der Waals surface area contributed by atoms with Crippen molar-refractivity contribution in [3.8, 4) is 0 Å². The van der Waals surface area contributed by atoms with Gasteiger partial charge in [0.05, 0.1) is 19.0 Å². The highest BCUT2D eigenvalue weighted by atomic mass is 16.5. The molecule has 0 aliphatic heterocycles. The molecule has 0 bridgehead atoms. The predicted molar refractivity (Wildman–Crippen MR) is 75.3 cm³/mol. The van der Waals surface area contributed by atoms with Crippen molar-refractivity contribution in [2.75, 3.05) is 13.7 Å². The van der Waals surface area contributed by atoms with E-state index in [-0.39, 0.29) is 11.9 Å². The van der Waals surface area contributed by atoms with E-state index in [2.05, 4.69) is 20.5 Å². The molecule has 0 radical (unpaired) electrons. The average Bonchev–Trinajstić information content (AvgIpc) is 3.14. The average molecular weight is 292 g/mol. The van der Waals surface area contributed by atoms with Gasteiger partial charge in [0.25, 0.3) is 0 Å². The van der Waals surface area contributed by atoms with E-state index in [1.54, 1.807) is 26.0 Å². The number of aryl methyl sites for hydroxylation is 1. The molecule has 1 amide bonds. The lowest BCUT2D eigenvalue weighted by Gasteiger charge is -2.14. The zero-order valence-electron chi connectivity index (χ0n) is 12.3. The first kappa shape index (κ1) is 15.2. The third-order valence-corrected chi connectivity index (χ3v) is 3.10. The zero-order chi connectivity index (χ0) is 15.1. The van der Waals surface area contributed by atoms with Gasteiger partial charge in [-0.25, -0.2) is 4.98 Å². The maximum Gasteiger partial charge on any atom is 0.222 e. The molecule has 2 aromatic rings. The molecule has 2 rings (SSSR count). The Morgan fingerprint density at radius 3 is 3.00 bits per heavy atom. The molecule has 2 aromatic heterocycles. The van der Waals surface area contributed by atoms with Gasteiger partial charge in [0.2, 0.25) is 5.91 Å². The van der Waals surface area contributed by atoms with E-state index < -0.39 is 0 Å². The Labute approximate surface area is 123 Å². The summed E-state index contributed by atoms with van der Waals surface area (Å²) >= 11 is 0. The van der Waals surface area contributed by atoms with E-state index in [9.17, 15) is 4.79 Å². The lowest BCUT2D eigenvalue weighted by atomic mass is 10.3. The second-order valence-electron chi connectivity index (χ2n) is 4.72. The number of imidazole rings is 1. The van der Waals surface area contributed by atoms with Crippen molar-refractivity contribution in [1.82, 2.24) is 29.6 Å².